The minimum absolute atomic E-state index is 0.379. The number of fused-ring (bicyclic) bond motifs is 1. The first kappa shape index (κ1) is 13.1. The Labute approximate surface area is 109 Å². The SMILES string of the molecule is CNCc1[nH]c2ccccc2c1C(NC)C(C)C. The van der Waals surface area contributed by atoms with E-state index in [1.54, 1.807) is 0 Å². The highest BCUT2D eigenvalue weighted by atomic mass is 14.9. The lowest BCUT2D eigenvalue weighted by Gasteiger charge is -2.21. The number of nitrogens with one attached hydrogen (secondary N) is 3. The zero-order valence-corrected chi connectivity index (χ0v) is 11.7. The third-order valence-electron chi connectivity index (χ3n) is 3.47. The quantitative estimate of drug-likeness (QED) is 0.758. The number of H-pyrrole nitrogens is 1. The topological polar surface area (TPSA) is 39.9 Å². The Bertz CT molecular complexity index is 513. The van der Waals surface area contributed by atoms with Crippen LogP contribution in [0.1, 0.15) is 31.1 Å². The van der Waals surface area contributed by atoms with Crippen molar-refractivity contribution in [2.24, 2.45) is 5.92 Å². The smallest absolute Gasteiger partial charge is 0.0459 e. The maximum atomic E-state index is 3.53. The van der Waals surface area contributed by atoms with E-state index in [0.29, 0.717) is 12.0 Å². The first-order valence-electron chi connectivity index (χ1n) is 6.60. The standard InChI is InChI=1S/C15H23N3/c1-10(2)15(17-4)14-11-7-5-6-8-12(11)18-13(14)9-16-3/h5-8,10,15-18H,9H2,1-4H3. The molecule has 0 amide bonds. The molecule has 2 rings (SSSR count). The first-order valence-corrected chi connectivity index (χ1v) is 6.60. The molecular weight excluding hydrogens is 222 g/mol. The third-order valence-corrected chi connectivity index (χ3v) is 3.47. The highest BCUT2D eigenvalue weighted by Crippen LogP contribution is 2.31. The van der Waals surface area contributed by atoms with Crippen molar-refractivity contribution in [3.63, 3.8) is 0 Å². The maximum absolute atomic E-state index is 3.53. The molecule has 1 aromatic carbocycles. The van der Waals surface area contributed by atoms with Crippen LogP contribution in [0.3, 0.4) is 0 Å². The second-order valence-corrected chi connectivity index (χ2v) is 5.10. The Hall–Kier alpha value is -1.32. The van der Waals surface area contributed by atoms with Gasteiger partial charge in [-0.1, -0.05) is 32.0 Å². The van der Waals surface area contributed by atoms with E-state index in [2.05, 4.69) is 53.7 Å². The lowest BCUT2D eigenvalue weighted by Crippen LogP contribution is -2.23. The molecule has 0 radical (unpaired) electrons. The predicted molar refractivity (Wildman–Crippen MR) is 77.7 cm³/mol. The van der Waals surface area contributed by atoms with Crippen LogP contribution in [0.4, 0.5) is 0 Å². The summed E-state index contributed by atoms with van der Waals surface area (Å²) in [5.41, 5.74) is 3.91. The molecule has 18 heavy (non-hydrogen) atoms. The molecule has 1 atom stereocenters. The lowest BCUT2D eigenvalue weighted by molar-refractivity contribution is 0.442. The van der Waals surface area contributed by atoms with E-state index >= 15 is 0 Å². The maximum Gasteiger partial charge on any atom is 0.0459 e. The zero-order valence-electron chi connectivity index (χ0n) is 11.7. The summed E-state index contributed by atoms with van der Waals surface area (Å²) in [5, 5.41) is 8.02. The molecule has 98 valence electrons. The fourth-order valence-corrected chi connectivity index (χ4v) is 2.70. The van der Waals surface area contributed by atoms with Gasteiger partial charge >= 0.3 is 0 Å². The van der Waals surface area contributed by atoms with Gasteiger partial charge in [-0.3, -0.25) is 0 Å². The summed E-state index contributed by atoms with van der Waals surface area (Å²) < 4.78 is 0. The van der Waals surface area contributed by atoms with Crippen molar-refractivity contribution in [1.29, 1.82) is 0 Å². The van der Waals surface area contributed by atoms with Gasteiger partial charge in [0.15, 0.2) is 0 Å². The van der Waals surface area contributed by atoms with Crippen molar-refractivity contribution >= 4 is 10.9 Å². The number of hydrogen-bond donors (Lipinski definition) is 3. The summed E-state index contributed by atoms with van der Waals surface area (Å²) in [6.07, 6.45) is 0. The van der Waals surface area contributed by atoms with E-state index in [4.69, 9.17) is 0 Å². The highest BCUT2D eigenvalue weighted by molar-refractivity contribution is 5.85. The van der Waals surface area contributed by atoms with Gasteiger partial charge in [-0.25, -0.2) is 0 Å². The van der Waals surface area contributed by atoms with E-state index in [-0.39, 0.29) is 0 Å². The average Bonchev–Trinajstić information content (AvgIpc) is 2.69. The molecule has 0 saturated heterocycles. The lowest BCUT2D eigenvalue weighted by atomic mass is 9.93. The fraction of sp³-hybridized carbons (Fsp3) is 0.467. The highest BCUT2D eigenvalue weighted by Gasteiger charge is 2.21. The van der Waals surface area contributed by atoms with Gasteiger partial charge in [0, 0.05) is 29.2 Å². The van der Waals surface area contributed by atoms with Crippen molar-refractivity contribution in [1.82, 2.24) is 15.6 Å². The molecule has 0 spiro atoms. The Morgan fingerprint density at radius 3 is 2.50 bits per heavy atom. The van der Waals surface area contributed by atoms with Crippen LogP contribution in [-0.2, 0) is 6.54 Å². The molecule has 3 nitrogen and oxygen atoms in total. The molecule has 1 unspecified atom stereocenters. The van der Waals surface area contributed by atoms with Crippen LogP contribution in [-0.4, -0.2) is 19.1 Å². The number of para-hydroxylation sites is 1. The molecule has 3 N–H and O–H groups in total. The van der Waals surface area contributed by atoms with Gasteiger partial charge in [0.2, 0.25) is 0 Å². The Morgan fingerprint density at radius 1 is 1.17 bits per heavy atom. The fourth-order valence-electron chi connectivity index (χ4n) is 2.70. The Morgan fingerprint density at radius 2 is 1.89 bits per heavy atom. The van der Waals surface area contributed by atoms with Crippen molar-refractivity contribution in [2.45, 2.75) is 26.4 Å². The molecule has 0 aliphatic rings. The number of benzene rings is 1. The summed E-state index contributed by atoms with van der Waals surface area (Å²) in [6.45, 7) is 5.38. The van der Waals surface area contributed by atoms with Crippen molar-refractivity contribution < 1.29 is 0 Å². The van der Waals surface area contributed by atoms with Gasteiger partial charge in [0.1, 0.15) is 0 Å². The van der Waals surface area contributed by atoms with Crippen LogP contribution in [0, 0.1) is 5.92 Å². The summed E-state index contributed by atoms with van der Waals surface area (Å²) in [6, 6.07) is 8.91. The molecule has 0 saturated carbocycles. The van der Waals surface area contributed by atoms with Gasteiger partial charge in [-0.05, 0) is 31.6 Å². The molecular formula is C15H23N3. The number of rotatable bonds is 5. The van der Waals surface area contributed by atoms with E-state index in [9.17, 15) is 0 Å². The van der Waals surface area contributed by atoms with Crippen LogP contribution in [0.25, 0.3) is 10.9 Å². The molecule has 1 heterocycles. The van der Waals surface area contributed by atoms with Crippen LogP contribution in [0.15, 0.2) is 24.3 Å². The second-order valence-electron chi connectivity index (χ2n) is 5.10. The average molecular weight is 245 g/mol. The molecule has 0 aliphatic carbocycles. The molecule has 0 aliphatic heterocycles. The second kappa shape index (κ2) is 5.55. The van der Waals surface area contributed by atoms with Crippen LogP contribution >= 0.6 is 0 Å². The molecule has 2 aromatic rings. The summed E-state index contributed by atoms with van der Waals surface area (Å²) in [7, 11) is 4.02. The number of aromatic amines is 1. The summed E-state index contributed by atoms with van der Waals surface area (Å²) in [5.74, 6) is 0.560. The van der Waals surface area contributed by atoms with E-state index in [0.717, 1.165) is 6.54 Å². The molecule has 0 bridgehead atoms. The molecule has 3 heteroatoms. The third kappa shape index (κ3) is 2.28. The number of hydrogen-bond acceptors (Lipinski definition) is 2. The van der Waals surface area contributed by atoms with Crippen molar-refractivity contribution in [3.8, 4) is 0 Å². The van der Waals surface area contributed by atoms with E-state index < -0.39 is 0 Å². The normalized spacial score (nSPS) is 13.4. The Balaban J connectivity index is 2.60. The summed E-state index contributed by atoms with van der Waals surface area (Å²) >= 11 is 0. The van der Waals surface area contributed by atoms with E-state index in [1.807, 2.05) is 14.1 Å². The molecule has 0 fully saturated rings. The molecule has 1 aromatic heterocycles. The number of aromatic nitrogens is 1. The van der Waals surface area contributed by atoms with Gasteiger partial charge in [0.25, 0.3) is 0 Å². The van der Waals surface area contributed by atoms with Crippen LogP contribution in [0.5, 0.6) is 0 Å². The van der Waals surface area contributed by atoms with Crippen molar-refractivity contribution in [3.05, 3.63) is 35.5 Å². The zero-order chi connectivity index (χ0) is 13.1. The summed E-state index contributed by atoms with van der Waals surface area (Å²) in [4.78, 5) is 3.53. The van der Waals surface area contributed by atoms with Gasteiger partial charge < -0.3 is 15.6 Å². The van der Waals surface area contributed by atoms with Gasteiger partial charge in [0.05, 0.1) is 0 Å². The monoisotopic (exact) mass is 245 g/mol. The van der Waals surface area contributed by atoms with Gasteiger partial charge in [-0.15, -0.1) is 0 Å². The minimum atomic E-state index is 0.379. The predicted octanol–water partition coefficient (Wildman–Crippen LogP) is 2.80. The first-order chi connectivity index (χ1) is 8.69. The Kier molecular flexibility index (Phi) is 4.04. The van der Waals surface area contributed by atoms with E-state index in [1.165, 1.54) is 22.2 Å². The van der Waals surface area contributed by atoms with Crippen LogP contribution < -0.4 is 10.6 Å². The van der Waals surface area contributed by atoms with Gasteiger partial charge in [-0.2, -0.15) is 0 Å². The largest absolute Gasteiger partial charge is 0.357 e. The van der Waals surface area contributed by atoms with Crippen LogP contribution in [0.2, 0.25) is 0 Å². The van der Waals surface area contributed by atoms with Crippen molar-refractivity contribution in [2.75, 3.05) is 14.1 Å². The minimum Gasteiger partial charge on any atom is -0.357 e.